The van der Waals surface area contributed by atoms with Gasteiger partial charge in [0, 0.05) is 6.92 Å². The van der Waals surface area contributed by atoms with E-state index in [1.54, 1.807) is 20.8 Å². The van der Waals surface area contributed by atoms with Crippen molar-refractivity contribution < 1.29 is 14.0 Å². The molecule has 0 aliphatic rings. The Hall–Kier alpha value is -1.36. The van der Waals surface area contributed by atoms with Gasteiger partial charge in [-0.15, -0.1) is 0 Å². The molecule has 1 aromatic heterocycles. The third-order valence-electron chi connectivity index (χ3n) is 1.43. The summed E-state index contributed by atoms with van der Waals surface area (Å²) in [5.41, 5.74) is 2.51. The standard InChI is InChI=1S/C8H12N2O3/c1-4-12-10-8(11)7-5(2)13-6(3)9-7/h4H2,1-3H3,(H,10,11). The zero-order chi connectivity index (χ0) is 9.84. The van der Waals surface area contributed by atoms with Gasteiger partial charge in [-0.1, -0.05) is 0 Å². The first-order valence-corrected chi connectivity index (χ1v) is 4.01. The van der Waals surface area contributed by atoms with Crippen molar-refractivity contribution in [3.8, 4) is 0 Å². The van der Waals surface area contributed by atoms with E-state index >= 15 is 0 Å². The Balaban J connectivity index is 2.70. The first-order valence-electron chi connectivity index (χ1n) is 4.01. The van der Waals surface area contributed by atoms with Gasteiger partial charge in [0.2, 0.25) is 0 Å². The van der Waals surface area contributed by atoms with Gasteiger partial charge in [-0.05, 0) is 13.8 Å². The van der Waals surface area contributed by atoms with Crippen molar-refractivity contribution in [2.45, 2.75) is 20.8 Å². The van der Waals surface area contributed by atoms with Gasteiger partial charge >= 0.3 is 0 Å². The maximum atomic E-state index is 11.3. The van der Waals surface area contributed by atoms with E-state index in [1.165, 1.54) is 0 Å². The number of hydrogen-bond acceptors (Lipinski definition) is 4. The molecule has 0 fully saturated rings. The molecule has 1 heterocycles. The van der Waals surface area contributed by atoms with Crippen LogP contribution < -0.4 is 5.48 Å². The number of amides is 1. The molecule has 0 bridgehead atoms. The highest BCUT2D eigenvalue weighted by molar-refractivity contribution is 5.92. The summed E-state index contributed by atoms with van der Waals surface area (Å²) in [6.07, 6.45) is 0. The number of aromatic nitrogens is 1. The van der Waals surface area contributed by atoms with Crippen molar-refractivity contribution in [2.75, 3.05) is 6.61 Å². The Kier molecular flexibility index (Phi) is 3.02. The Morgan fingerprint density at radius 3 is 2.77 bits per heavy atom. The van der Waals surface area contributed by atoms with Crippen LogP contribution >= 0.6 is 0 Å². The number of nitrogens with one attached hydrogen (secondary N) is 1. The summed E-state index contributed by atoms with van der Waals surface area (Å²) < 4.78 is 5.09. The number of carbonyl (C=O) groups is 1. The quantitative estimate of drug-likeness (QED) is 0.711. The molecular weight excluding hydrogens is 172 g/mol. The predicted molar refractivity (Wildman–Crippen MR) is 45.1 cm³/mol. The Bertz CT molecular complexity index is 306. The van der Waals surface area contributed by atoms with E-state index < -0.39 is 0 Å². The first-order chi connectivity index (χ1) is 6.15. The molecule has 0 saturated heterocycles. The molecule has 13 heavy (non-hydrogen) atoms. The Labute approximate surface area is 76.0 Å². The van der Waals surface area contributed by atoms with Gasteiger partial charge < -0.3 is 4.42 Å². The highest BCUT2D eigenvalue weighted by Crippen LogP contribution is 2.08. The number of carbonyl (C=O) groups excluding carboxylic acids is 1. The summed E-state index contributed by atoms with van der Waals surface area (Å²) in [5, 5.41) is 0. The normalized spacial score (nSPS) is 10.1. The number of rotatable bonds is 3. The second-order valence-electron chi connectivity index (χ2n) is 2.50. The zero-order valence-electron chi connectivity index (χ0n) is 7.88. The van der Waals surface area contributed by atoms with E-state index in [0.717, 1.165) is 0 Å². The lowest BCUT2D eigenvalue weighted by molar-refractivity contribution is 0.0359. The molecule has 1 N–H and O–H groups in total. The van der Waals surface area contributed by atoms with E-state index in [9.17, 15) is 4.79 Å². The lowest BCUT2D eigenvalue weighted by Crippen LogP contribution is -2.24. The second kappa shape index (κ2) is 4.04. The Morgan fingerprint density at radius 1 is 1.62 bits per heavy atom. The first kappa shape index (κ1) is 9.73. The molecule has 0 aromatic carbocycles. The summed E-state index contributed by atoms with van der Waals surface area (Å²) in [6, 6.07) is 0. The molecule has 0 radical (unpaired) electrons. The maximum absolute atomic E-state index is 11.3. The van der Waals surface area contributed by atoms with Crippen LogP contribution in [-0.4, -0.2) is 17.5 Å². The number of oxazole rings is 1. The van der Waals surface area contributed by atoms with Crippen molar-refractivity contribution in [3.63, 3.8) is 0 Å². The fourth-order valence-electron chi connectivity index (χ4n) is 0.926. The Morgan fingerprint density at radius 2 is 2.31 bits per heavy atom. The number of nitrogens with zero attached hydrogens (tertiary/aromatic N) is 1. The molecule has 72 valence electrons. The fraction of sp³-hybridized carbons (Fsp3) is 0.500. The number of hydroxylamine groups is 1. The van der Waals surface area contributed by atoms with Gasteiger partial charge in [0.05, 0.1) is 6.61 Å². The summed E-state index contributed by atoms with van der Waals surface area (Å²) in [5.74, 6) is 0.588. The van der Waals surface area contributed by atoms with Crippen molar-refractivity contribution in [2.24, 2.45) is 0 Å². The molecular formula is C8H12N2O3. The maximum Gasteiger partial charge on any atom is 0.297 e. The minimum absolute atomic E-state index is 0.269. The fourth-order valence-corrected chi connectivity index (χ4v) is 0.926. The van der Waals surface area contributed by atoms with E-state index in [1.807, 2.05) is 0 Å². The van der Waals surface area contributed by atoms with Gasteiger partial charge in [0.1, 0.15) is 5.76 Å². The van der Waals surface area contributed by atoms with Crippen LogP contribution in [0.25, 0.3) is 0 Å². The summed E-state index contributed by atoms with van der Waals surface area (Å²) in [7, 11) is 0. The van der Waals surface area contributed by atoms with E-state index in [4.69, 9.17) is 9.25 Å². The molecule has 5 heteroatoms. The number of hydrogen-bond donors (Lipinski definition) is 1. The van der Waals surface area contributed by atoms with E-state index in [0.29, 0.717) is 18.3 Å². The molecule has 0 aliphatic heterocycles. The molecule has 0 unspecified atom stereocenters. The average molecular weight is 184 g/mol. The largest absolute Gasteiger partial charge is 0.445 e. The second-order valence-corrected chi connectivity index (χ2v) is 2.50. The molecule has 0 aliphatic carbocycles. The van der Waals surface area contributed by atoms with Crippen LogP contribution in [0, 0.1) is 13.8 Å². The lowest BCUT2D eigenvalue weighted by Gasteiger charge is -1.99. The minimum atomic E-state index is -0.379. The molecule has 1 aromatic rings. The van der Waals surface area contributed by atoms with E-state index in [-0.39, 0.29) is 11.6 Å². The third kappa shape index (κ3) is 2.29. The van der Waals surface area contributed by atoms with Gasteiger partial charge in [-0.2, -0.15) is 0 Å². The zero-order valence-corrected chi connectivity index (χ0v) is 7.88. The van der Waals surface area contributed by atoms with Crippen LogP contribution in [0.1, 0.15) is 29.1 Å². The monoisotopic (exact) mass is 184 g/mol. The molecule has 0 atom stereocenters. The van der Waals surface area contributed by atoms with Gasteiger partial charge in [0.25, 0.3) is 5.91 Å². The summed E-state index contributed by atoms with van der Waals surface area (Å²) in [4.78, 5) is 19.9. The van der Waals surface area contributed by atoms with Crippen LogP contribution in [0.15, 0.2) is 4.42 Å². The van der Waals surface area contributed by atoms with Crippen LogP contribution in [0.4, 0.5) is 0 Å². The lowest BCUT2D eigenvalue weighted by atomic mass is 10.3. The smallest absolute Gasteiger partial charge is 0.297 e. The van der Waals surface area contributed by atoms with Crippen molar-refractivity contribution >= 4 is 5.91 Å². The highest BCUT2D eigenvalue weighted by atomic mass is 16.6. The van der Waals surface area contributed by atoms with Crippen LogP contribution in [0.3, 0.4) is 0 Å². The van der Waals surface area contributed by atoms with E-state index in [2.05, 4.69) is 10.5 Å². The molecule has 5 nitrogen and oxygen atoms in total. The molecule has 1 amide bonds. The number of aryl methyl sites for hydroxylation is 2. The third-order valence-corrected chi connectivity index (χ3v) is 1.43. The van der Waals surface area contributed by atoms with Crippen molar-refractivity contribution in [3.05, 3.63) is 17.3 Å². The molecule has 1 rings (SSSR count). The minimum Gasteiger partial charge on any atom is -0.445 e. The van der Waals surface area contributed by atoms with Crippen molar-refractivity contribution in [1.29, 1.82) is 0 Å². The summed E-state index contributed by atoms with van der Waals surface area (Å²) >= 11 is 0. The van der Waals surface area contributed by atoms with Gasteiger partial charge in [-0.25, -0.2) is 10.5 Å². The topological polar surface area (TPSA) is 64.4 Å². The predicted octanol–water partition coefficient (Wildman–Crippen LogP) is 0.973. The summed E-state index contributed by atoms with van der Waals surface area (Å²) in [6.45, 7) is 5.56. The molecule has 0 spiro atoms. The van der Waals surface area contributed by atoms with Crippen LogP contribution in [0.2, 0.25) is 0 Å². The SMILES string of the molecule is CCONC(=O)c1nc(C)oc1C. The molecule has 0 saturated carbocycles. The van der Waals surface area contributed by atoms with Crippen LogP contribution in [-0.2, 0) is 4.84 Å². The van der Waals surface area contributed by atoms with Gasteiger partial charge in [0.15, 0.2) is 11.6 Å². The average Bonchev–Trinajstić information content (AvgIpc) is 2.41. The highest BCUT2D eigenvalue weighted by Gasteiger charge is 2.14. The van der Waals surface area contributed by atoms with Crippen molar-refractivity contribution in [1.82, 2.24) is 10.5 Å². The van der Waals surface area contributed by atoms with Gasteiger partial charge in [-0.3, -0.25) is 9.63 Å². The van der Waals surface area contributed by atoms with Crippen LogP contribution in [0.5, 0.6) is 0 Å².